The molecule has 0 saturated carbocycles. The quantitative estimate of drug-likeness (QED) is 0.802. The maximum Gasteiger partial charge on any atom is 0.255 e. The molecular weight excluding hydrogens is 362 g/mol. The van der Waals surface area contributed by atoms with Gasteiger partial charge in [-0.1, -0.05) is 30.3 Å². The molecule has 2 saturated heterocycles. The summed E-state index contributed by atoms with van der Waals surface area (Å²) in [6.07, 6.45) is 6.23. The van der Waals surface area contributed by atoms with Gasteiger partial charge in [-0.05, 0) is 50.3 Å². The number of nitrogens with zero attached hydrogens (tertiary/aromatic N) is 3. The third-order valence-corrected chi connectivity index (χ3v) is 6.59. The van der Waals surface area contributed by atoms with E-state index in [9.17, 15) is 9.59 Å². The number of likely N-dealkylation sites (tertiary alicyclic amines) is 2. The molecule has 1 aromatic carbocycles. The molecule has 1 aromatic heterocycles. The van der Waals surface area contributed by atoms with Crippen LogP contribution in [0.25, 0.3) is 0 Å². The van der Waals surface area contributed by atoms with Crippen molar-refractivity contribution in [3.8, 4) is 0 Å². The second-order valence-corrected chi connectivity index (χ2v) is 8.49. The minimum Gasteiger partial charge on any atom is -0.335 e. The summed E-state index contributed by atoms with van der Waals surface area (Å²) in [4.78, 5) is 34.1. The standard InChI is InChI=1S/C24H29N3O2/c1-18(28)27-15-6-10-22-24(27,2)13-7-14-26(22)23(29)20-11-12-21(25-17-20)16-19-8-4-3-5-9-19/h3-5,8-9,11-12,17,22H,6-7,10,13-16H2,1-2H3/t22-,24+/m1/s1. The van der Waals surface area contributed by atoms with Crippen LogP contribution in [0.1, 0.15) is 61.1 Å². The minimum atomic E-state index is -0.265. The van der Waals surface area contributed by atoms with E-state index in [4.69, 9.17) is 0 Å². The van der Waals surface area contributed by atoms with Crippen LogP contribution in [0.15, 0.2) is 48.7 Å². The zero-order valence-electron chi connectivity index (χ0n) is 17.3. The van der Waals surface area contributed by atoms with Gasteiger partial charge in [-0.25, -0.2) is 0 Å². The Kier molecular flexibility index (Phi) is 5.39. The summed E-state index contributed by atoms with van der Waals surface area (Å²) in [6, 6.07) is 14.1. The van der Waals surface area contributed by atoms with E-state index < -0.39 is 0 Å². The van der Waals surface area contributed by atoms with Gasteiger partial charge in [-0.3, -0.25) is 14.6 Å². The second kappa shape index (κ2) is 7.97. The Bertz CT molecular complexity index is 881. The van der Waals surface area contributed by atoms with Gasteiger partial charge >= 0.3 is 0 Å². The molecule has 5 nitrogen and oxygen atoms in total. The van der Waals surface area contributed by atoms with Crippen LogP contribution in [0.3, 0.4) is 0 Å². The van der Waals surface area contributed by atoms with Gasteiger partial charge in [0.2, 0.25) is 5.91 Å². The van der Waals surface area contributed by atoms with E-state index in [1.807, 2.05) is 40.1 Å². The van der Waals surface area contributed by atoms with Gasteiger partial charge in [0.1, 0.15) is 0 Å². The Morgan fingerprint density at radius 1 is 1.10 bits per heavy atom. The first-order valence-electron chi connectivity index (χ1n) is 10.6. The number of hydrogen-bond donors (Lipinski definition) is 0. The fourth-order valence-corrected chi connectivity index (χ4v) is 5.13. The highest BCUT2D eigenvalue weighted by atomic mass is 16.2. The van der Waals surface area contributed by atoms with Crippen LogP contribution >= 0.6 is 0 Å². The highest BCUT2D eigenvalue weighted by Crippen LogP contribution is 2.39. The number of benzene rings is 1. The number of aromatic nitrogens is 1. The number of carbonyl (C=O) groups is 2. The molecule has 29 heavy (non-hydrogen) atoms. The number of rotatable bonds is 3. The molecule has 2 aromatic rings. The van der Waals surface area contributed by atoms with E-state index in [1.54, 1.807) is 13.1 Å². The topological polar surface area (TPSA) is 53.5 Å². The third-order valence-electron chi connectivity index (χ3n) is 6.59. The van der Waals surface area contributed by atoms with E-state index in [0.717, 1.165) is 50.9 Å². The van der Waals surface area contributed by atoms with Crippen LogP contribution in [-0.4, -0.2) is 51.3 Å². The highest BCUT2D eigenvalue weighted by Gasteiger charge is 2.49. The summed E-state index contributed by atoms with van der Waals surface area (Å²) in [5.41, 5.74) is 2.53. The van der Waals surface area contributed by atoms with Gasteiger partial charge in [0.25, 0.3) is 5.91 Å². The minimum absolute atomic E-state index is 0.0325. The number of amides is 2. The fraction of sp³-hybridized carbons (Fsp3) is 0.458. The molecule has 152 valence electrons. The highest BCUT2D eigenvalue weighted by molar-refractivity contribution is 5.94. The van der Waals surface area contributed by atoms with E-state index in [-0.39, 0.29) is 23.4 Å². The molecule has 0 N–H and O–H groups in total. The second-order valence-electron chi connectivity index (χ2n) is 8.49. The first kappa shape index (κ1) is 19.6. The molecule has 2 atom stereocenters. The van der Waals surface area contributed by atoms with Crippen molar-refractivity contribution in [2.75, 3.05) is 13.1 Å². The summed E-state index contributed by atoms with van der Waals surface area (Å²) in [5.74, 6) is 0.142. The number of piperidine rings is 2. The maximum absolute atomic E-state index is 13.3. The zero-order valence-corrected chi connectivity index (χ0v) is 17.3. The number of hydrogen-bond acceptors (Lipinski definition) is 3. The average molecular weight is 392 g/mol. The molecule has 2 aliphatic rings. The molecule has 0 aliphatic carbocycles. The lowest BCUT2D eigenvalue weighted by Crippen LogP contribution is -2.67. The molecule has 0 unspecified atom stereocenters. The first-order valence-corrected chi connectivity index (χ1v) is 10.6. The lowest BCUT2D eigenvalue weighted by molar-refractivity contribution is -0.143. The predicted octanol–water partition coefficient (Wildman–Crippen LogP) is 3.68. The molecule has 2 amide bonds. The summed E-state index contributed by atoms with van der Waals surface area (Å²) in [5, 5.41) is 0. The smallest absolute Gasteiger partial charge is 0.255 e. The van der Waals surface area contributed by atoms with Crippen LogP contribution in [0, 0.1) is 0 Å². The number of carbonyl (C=O) groups excluding carboxylic acids is 2. The van der Waals surface area contributed by atoms with Crippen molar-refractivity contribution in [2.45, 2.75) is 57.5 Å². The normalized spacial score (nSPS) is 24.1. The molecule has 0 spiro atoms. The summed E-state index contributed by atoms with van der Waals surface area (Å²) in [7, 11) is 0. The molecule has 2 fully saturated rings. The number of fused-ring (bicyclic) bond motifs is 1. The monoisotopic (exact) mass is 391 g/mol. The molecular formula is C24H29N3O2. The first-order chi connectivity index (χ1) is 14.0. The summed E-state index contributed by atoms with van der Waals surface area (Å²) >= 11 is 0. The molecule has 5 heteroatoms. The Labute approximate surface area is 172 Å². The van der Waals surface area contributed by atoms with Crippen molar-refractivity contribution >= 4 is 11.8 Å². The Hall–Kier alpha value is -2.69. The van der Waals surface area contributed by atoms with Gasteiger partial charge < -0.3 is 9.80 Å². The lowest BCUT2D eigenvalue weighted by Gasteiger charge is -2.56. The fourth-order valence-electron chi connectivity index (χ4n) is 5.13. The summed E-state index contributed by atoms with van der Waals surface area (Å²) < 4.78 is 0. The van der Waals surface area contributed by atoms with Gasteiger partial charge in [0, 0.05) is 38.3 Å². The van der Waals surface area contributed by atoms with Gasteiger partial charge in [-0.2, -0.15) is 0 Å². The zero-order chi connectivity index (χ0) is 20.4. The SMILES string of the molecule is CC(=O)N1CCC[C@H]2N(C(=O)c3ccc(Cc4ccccc4)nc3)CCC[C@@]21C. The number of pyridine rings is 1. The molecule has 4 rings (SSSR count). The van der Waals surface area contributed by atoms with Crippen LogP contribution in [0.4, 0.5) is 0 Å². The Morgan fingerprint density at radius 3 is 2.59 bits per heavy atom. The largest absolute Gasteiger partial charge is 0.335 e. The van der Waals surface area contributed by atoms with Crippen molar-refractivity contribution in [1.82, 2.24) is 14.8 Å². The third kappa shape index (κ3) is 3.78. The van der Waals surface area contributed by atoms with Crippen molar-refractivity contribution < 1.29 is 9.59 Å². The maximum atomic E-state index is 13.3. The lowest BCUT2D eigenvalue weighted by atomic mass is 9.76. The van der Waals surface area contributed by atoms with Crippen LogP contribution in [-0.2, 0) is 11.2 Å². The van der Waals surface area contributed by atoms with Crippen molar-refractivity contribution in [3.63, 3.8) is 0 Å². The molecule has 3 heterocycles. The Morgan fingerprint density at radius 2 is 1.90 bits per heavy atom. The van der Waals surface area contributed by atoms with Crippen LogP contribution < -0.4 is 0 Å². The van der Waals surface area contributed by atoms with E-state index >= 15 is 0 Å². The van der Waals surface area contributed by atoms with E-state index in [1.165, 1.54) is 5.56 Å². The predicted molar refractivity (Wildman–Crippen MR) is 113 cm³/mol. The Balaban J connectivity index is 1.52. The molecule has 0 radical (unpaired) electrons. The van der Waals surface area contributed by atoms with Gasteiger partial charge in [0.05, 0.1) is 17.1 Å². The van der Waals surface area contributed by atoms with Crippen LogP contribution in [0.5, 0.6) is 0 Å². The van der Waals surface area contributed by atoms with Crippen molar-refractivity contribution in [3.05, 3.63) is 65.5 Å². The average Bonchev–Trinajstić information content (AvgIpc) is 2.73. The van der Waals surface area contributed by atoms with Gasteiger partial charge in [0.15, 0.2) is 0 Å². The van der Waals surface area contributed by atoms with Gasteiger partial charge in [-0.15, -0.1) is 0 Å². The molecule has 2 aliphatic heterocycles. The molecule has 0 bridgehead atoms. The van der Waals surface area contributed by atoms with E-state index in [2.05, 4.69) is 24.0 Å². The van der Waals surface area contributed by atoms with Crippen LogP contribution in [0.2, 0.25) is 0 Å². The van der Waals surface area contributed by atoms with Crippen molar-refractivity contribution in [1.29, 1.82) is 0 Å². The van der Waals surface area contributed by atoms with Crippen molar-refractivity contribution in [2.24, 2.45) is 0 Å². The van der Waals surface area contributed by atoms with E-state index in [0.29, 0.717) is 5.56 Å². The summed E-state index contributed by atoms with van der Waals surface area (Å²) in [6.45, 7) is 5.33.